The largest absolute Gasteiger partial charge is 0.480 e. The number of piperidine rings is 1. The number of carbonyl (C=O) groups excluding carboxylic acids is 1. The number of carboxylic acid groups (broad SMARTS) is 1. The first-order valence-electron chi connectivity index (χ1n) is 7.09. The van der Waals surface area contributed by atoms with Gasteiger partial charge in [-0.05, 0) is 26.2 Å². The van der Waals surface area contributed by atoms with Crippen molar-refractivity contribution in [2.45, 2.75) is 32.3 Å². The van der Waals surface area contributed by atoms with Crippen LogP contribution in [0.25, 0.3) is 0 Å². The molecule has 0 radical (unpaired) electrons. The third-order valence-corrected chi connectivity index (χ3v) is 3.86. The van der Waals surface area contributed by atoms with E-state index >= 15 is 0 Å². The summed E-state index contributed by atoms with van der Waals surface area (Å²) in [5.41, 5.74) is 1.34. The number of urea groups is 1. The summed E-state index contributed by atoms with van der Waals surface area (Å²) in [6.45, 7) is 4.60. The second kappa shape index (κ2) is 6.74. The molecule has 0 saturated carbocycles. The molecule has 2 heterocycles. The highest BCUT2D eigenvalue weighted by Crippen LogP contribution is 2.17. The highest BCUT2D eigenvalue weighted by molar-refractivity contribution is 5.75. The molecule has 1 saturated heterocycles. The van der Waals surface area contributed by atoms with E-state index in [1.54, 1.807) is 0 Å². The van der Waals surface area contributed by atoms with E-state index in [4.69, 9.17) is 9.84 Å². The Morgan fingerprint density at radius 1 is 1.30 bits per heavy atom. The maximum Gasteiger partial charge on any atom is 0.329 e. The van der Waals surface area contributed by atoms with E-state index in [1.807, 2.05) is 9.80 Å². The molecule has 20 heavy (non-hydrogen) atoms. The quantitative estimate of drug-likeness (QED) is 0.793. The van der Waals surface area contributed by atoms with E-state index in [-0.39, 0.29) is 18.7 Å². The molecule has 2 rings (SSSR count). The molecule has 1 fully saturated rings. The lowest BCUT2D eigenvalue weighted by Gasteiger charge is -2.36. The van der Waals surface area contributed by atoms with Crippen molar-refractivity contribution in [2.24, 2.45) is 0 Å². The molecule has 2 aliphatic rings. The molecule has 6 heteroatoms. The Morgan fingerprint density at radius 2 is 2.00 bits per heavy atom. The number of aliphatic carboxylic acids is 1. The fraction of sp³-hybridized carbons (Fsp3) is 0.714. The van der Waals surface area contributed by atoms with Gasteiger partial charge in [0.1, 0.15) is 6.61 Å². The van der Waals surface area contributed by atoms with Crippen LogP contribution in [0.1, 0.15) is 26.2 Å². The monoisotopic (exact) mass is 282 g/mol. The normalized spacial score (nSPS) is 20.8. The number of rotatable bonds is 3. The van der Waals surface area contributed by atoms with Crippen molar-refractivity contribution >= 4 is 12.0 Å². The van der Waals surface area contributed by atoms with Crippen LogP contribution in [0.3, 0.4) is 0 Å². The number of carboxylic acids is 1. The van der Waals surface area contributed by atoms with Crippen molar-refractivity contribution in [3.63, 3.8) is 0 Å². The van der Waals surface area contributed by atoms with Crippen LogP contribution < -0.4 is 0 Å². The Hall–Kier alpha value is -1.56. The number of nitrogens with zero attached hydrogens (tertiary/aromatic N) is 2. The highest BCUT2D eigenvalue weighted by atomic mass is 16.5. The van der Waals surface area contributed by atoms with Crippen LogP contribution in [-0.4, -0.2) is 65.8 Å². The number of carbonyl (C=O) groups is 2. The van der Waals surface area contributed by atoms with Crippen LogP contribution in [0.15, 0.2) is 11.6 Å². The van der Waals surface area contributed by atoms with Crippen LogP contribution in [0, 0.1) is 0 Å². The Balaban J connectivity index is 1.76. The number of hydrogen-bond acceptors (Lipinski definition) is 3. The maximum atomic E-state index is 12.3. The van der Waals surface area contributed by atoms with Gasteiger partial charge in [0.05, 0.1) is 6.10 Å². The predicted octanol–water partition coefficient (Wildman–Crippen LogP) is 1.32. The Morgan fingerprint density at radius 3 is 2.55 bits per heavy atom. The van der Waals surface area contributed by atoms with Gasteiger partial charge in [-0.1, -0.05) is 11.6 Å². The van der Waals surface area contributed by atoms with Gasteiger partial charge >= 0.3 is 12.0 Å². The molecule has 0 aliphatic carbocycles. The lowest BCUT2D eigenvalue weighted by molar-refractivity contribution is -0.145. The van der Waals surface area contributed by atoms with Crippen LogP contribution in [0.5, 0.6) is 0 Å². The molecule has 6 nitrogen and oxygen atoms in total. The van der Waals surface area contributed by atoms with Crippen molar-refractivity contribution in [1.29, 1.82) is 0 Å². The van der Waals surface area contributed by atoms with Gasteiger partial charge in [0, 0.05) is 26.2 Å². The first kappa shape index (κ1) is 14.8. The van der Waals surface area contributed by atoms with Gasteiger partial charge in [0.2, 0.25) is 0 Å². The van der Waals surface area contributed by atoms with Crippen LogP contribution in [0.4, 0.5) is 4.79 Å². The Kier molecular flexibility index (Phi) is 5.00. The second-order valence-electron chi connectivity index (χ2n) is 5.42. The van der Waals surface area contributed by atoms with E-state index in [0.717, 1.165) is 13.0 Å². The van der Waals surface area contributed by atoms with Gasteiger partial charge in [-0.3, -0.25) is 0 Å². The van der Waals surface area contributed by atoms with Gasteiger partial charge in [-0.25, -0.2) is 9.59 Å². The molecule has 0 bridgehead atoms. The summed E-state index contributed by atoms with van der Waals surface area (Å²) in [6, 6.07) is 0.0884. The van der Waals surface area contributed by atoms with E-state index in [2.05, 4.69) is 13.0 Å². The summed E-state index contributed by atoms with van der Waals surface area (Å²) < 4.78 is 5.27. The molecule has 2 amide bonds. The minimum absolute atomic E-state index is 0.0429. The van der Waals surface area contributed by atoms with Crippen molar-refractivity contribution in [3.8, 4) is 0 Å². The fourth-order valence-corrected chi connectivity index (χ4v) is 2.55. The molecular weight excluding hydrogens is 260 g/mol. The van der Waals surface area contributed by atoms with E-state index in [0.29, 0.717) is 32.5 Å². The summed E-state index contributed by atoms with van der Waals surface area (Å²) in [7, 11) is 0. The Bertz CT molecular complexity index is 400. The SMILES string of the molecule is CC1=CCN(C(=O)N2CCC(OCC(=O)O)CC2)CC1. The first-order chi connectivity index (χ1) is 9.56. The van der Waals surface area contributed by atoms with Crippen molar-refractivity contribution in [3.05, 3.63) is 11.6 Å². The molecule has 2 aliphatic heterocycles. The van der Waals surface area contributed by atoms with Gasteiger partial charge in [0.25, 0.3) is 0 Å². The molecule has 0 atom stereocenters. The number of likely N-dealkylation sites (tertiary alicyclic amines) is 1. The van der Waals surface area contributed by atoms with E-state index < -0.39 is 5.97 Å². The lowest BCUT2D eigenvalue weighted by Crippen LogP contribution is -2.49. The predicted molar refractivity (Wildman–Crippen MR) is 73.5 cm³/mol. The maximum absolute atomic E-state index is 12.3. The molecule has 0 unspecified atom stereocenters. The van der Waals surface area contributed by atoms with Crippen molar-refractivity contribution in [2.75, 3.05) is 32.8 Å². The molecular formula is C14H22N2O4. The second-order valence-corrected chi connectivity index (χ2v) is 5.42. The zero-order chi connectivity index (χ0) is 14.5. The third kappa shape index (κ3) is 3.96. The van der Waals surface area contributed by atoms with Gasteiger partial charge in [-0.2, -0.15) is 0 Å². The average Bonchev–Trinajstić information content (AvgIpc) is 2.46. The first-order valence-corrected chi connectivity index (χ1v) is 7.09. The molecule has 112 valence electrons. The molecule has 0 aromatic carbocycles. The fourth-order valence-electron chi connectivity index (χ4n) is 2.55. The van der Waals surface area contributed by atoms with Crippen molar-refractivity contribution in [1.82, 2.24) is 9.80 Å². The smallest absolute Gasteiger partial charge is 0.329 e. The van der Waals surface area contributed by atoms with E-state index in [1.165, 1.54) is 5.57 Å². The average molecular weight is 282 g/mol. The van der Waals surface area contributed by atoms with Crippen LogP contribution in [-0.2, 0) is 9.53 Å². The minimum Gasteiger partial charge on any atom is -0.480 e. The van der Waals surface area contributed by atoms with Gasteiger partial charge in [-0.15, -0.1) is 0 Å². The molecule has 0 aromatic heterocycles. The zero-order valence-electron chi connectivity index (χ0n) is 11.9. The summed E-state index contributed by atoms with van der Waals surface area (Å²) in [5.74, 6) is -0.945. The zero-order valence-corrected chi connectivity index (χ0v) is 11.9. The summed E-state index contributed by atoms with van der Waals surface area (Å²) in [6.07, 6.45) is 4.43. The van der Waals surface area contributed by atoms with E-state index in [9.17, 15) is 9.59 Å². The van der Waals surface area contributed by atoms with Crippen LogP contribution in [0.2, 0.25) is 0 Å². The minimum atomic E-state index is -0.945. The Labute approximate surface area is 119 Å². The topological polar surface area (TPSA) is 70.1 Å². The summed E-state index contributed by atoms with van der Waals surface area (Å²) in [4.78, 5) is 26.5. The van der Waals surface area contributed by atoms with Gasteiger partial charge < -0.3 is 19.6 Å². The highest BCUT2D eigenvalue weighted by Gasteiger charge is 2.27. The molecule has 0 spiro atoms. The molecule has 0 aromatic rings. The number of ether oxygens (including phenoxy) is 1. The standard InChI is InChI=1S/C14H22N2O4/c1-11-2-6-15(7-3-11)14(19)16-8-4-12(5-9-16)20-10-13(17)18/h2,12H,3-10H2,1H3,(H,17,18). The number of hydrogen-bond donors (Lipinski definition) is 1. The third-order valence-electron chi connectivity index (χ3n) is 3.86. The molecule has 1 N–H and O–H groups in total. The lowest BCUT2D eigenvalue weighted by atomic mass is 10.1. The summed E-state index contributed by atoms with van der Waals surface area (Å²) >= 11 is 0. The number of amides is 2. The summed E-state index contributed by atoms with van der Waals surface area (Å²) in [5, 5.41) is 8.57. The van der Waals surface area contributed by atoms with Crippen molar-refractivity contribution < 1.29 is 19.4 Å². The van der Waals surface area contributed by atoms with Gasteiger partial charge in [0.15, 0.2) is 0 Å². The van der Waals surface area contributed by atoms with Crippen LogP contribution >= 0.6 is 0 Å².